The van der Waals surface area contributed by atoms with Crippen molar-refractivity contribution in [2.24, 2.45) is 13.0 Å². The molecule has 0 aromatic carbocycles. The largest absolute Gasteiger partial charge is 0.391 e. The Morgan fingerprint density at radius 3 is 2.50 bits per heavy atom. The van der Waals surface area contributed by atoms with Gasteiger partial charge in [0.2, 0.25) is 5.91 Å². The first-order chi connectivity index (χ1) is 8.32. The van der Waals surface area contributed by atoms with Gasteiger partial charge in [0.25, 0.3) is 0 Å². The summed E-state index contributed by atoms with van der Waals surface area (Å²) in [7, 11) is 1.87. The van der Waals surface area contributed by atoms with Gasteiger partial charge in [0, 0.05) is 24.8 Å². The number of carbonyl (C=O) groups excluding carboxylic acids is 1. The predicted octanol–water partition coefficient (Wildman–Crippen LogP) is 0.713. The highest BCUT2D eigenvalue weighted by atomic mass is 16.3. The fourth-order valence-electron chi connectivity index (χ4n) is 1.75. The molecule has 5 heteroatoms. The molecule has 102 valence electrons. The highest BCUT2D eigenvalue weighted by Gasteiger charge is 2.15. The molecular formula is C13H23N3O2. The molecule has 1 aromatic heterocycles. The van der Waals surface area contributed by atoms with Crippen molar-refractivity contribution in [2.75, 3.05) is 6.54 Å². The smallest absolute Gasteiger partial charge is 0.224 e. The third-order valence-corrected chi connectivity index (χ3v) is 3.27. The normalized spacial score (nSPS) is 12.8. The van der Waals surface area contributed by atoms with Gasteiger partial charge in [0.15, 0.2) is 0 Å². The number of nitrogens with one attached hydrogen (secondary N) is 1. The Balaban J connectivity index is 2.55. The standard InChI is InChI=1S/C13H23N3O2/c1-8(2)12(17)7-14-13(18)6-11-9(3)15-16(5)10(11)4/h8,12,17H,6-7H2,1-5H3,(H,14,18). The fraction of sp³-hybridized carbons (Fsp3) is 0.692. The van der Waals surface area contributed by atoms with Crippen LogP contribution in [0.4, 0.5) is 0 Å². The number of amides is 1. The molecule has 0 aliphatic carbocycles. The Morgan fingerprint density at radius 1 is 1.44 bits per heavy atom. The number of aryl methyl sites for hydroxylation is 2. The summed E-state index contributed by atoms with van der Waals surface area (Å²) in [5, 5.41) is 16.6. The van der Waals surface area contributed by atoms with E-state index in [1.54, 1.807) is 4.68 Å². The van der Waals surface area contributed by atoms with Crippen LogP contribution in [0, 0.1) is 19.8 Å². The molecule has 0 radical (unpaired) electrons. The Morgan fingerprint density at radius 2 is 2.06 bits per heavy atom. The van der Waals surface area contributed by atoms with Crippen LogP contribution in [0.25, 0.3) is 0 Å². The molecule has 18 heavy (non-hydrogen) atoms. The lowest BCUT2D eigenvalue weighted by Crippen LogP contribution is -2.35. The van der Waals surface area contributed by atoms with Crippen molar-refractivity contribution in [3.63, 3.8) is 0 Å². The van der Waals surface area contributed by atoms with E-state index in [2.05, 4.69) is 10.4 Å². The van der Waals surface area contributed by atoms with Gasteiger partial charge in [-0.3, -0.25) is 9.48 Å². The molecule has 1 amide bonds. The molecule has 1 aromatic rings. The van der Waals surface area contributed by atoms with E-state index in [1.165, 1.54) is 0 Å². The number of rotatable bonds is 5. The number of aliphatic hydroxyl groups is 1. The molecule has 2 N–H and O–H groups in total. The monoisotopic (exact) mass is 253 g/mol. The fourth-order valence-corrected chi connectivity index (χ4v) is 1.75. The van der Waals surface area contributed by atoms with Crippen molar-refractivity contribution in [1.29, 1.82) is 0 Å². The number of carbonyl (C=O) groups is 1. The highest BCUT2D eigenvalue weighted by molar-refractivity contribution is 5.79. The summed E-state index contributed by atoms with van der Waals surface area (Å²) in [5.41, 5.74) is 2.86. The Hall–Kier alpha value is -1.36. The van der Waals surface area contributed by atoms with Gasteiger partial charge in [-0.1, -0.05) is 13.8 Å². The van der Waals surface area contributed by atoms with Crippen LogP contribution in [-0.2, 0) is 18.3 Å². The van der Waals surface area contributed by atoms with E-state index in [1.807, 2.05) is 34.7 Å². The van der Waals surface area contributed by atoms with Gasteiger partial charge in [-0.2, -0.15) is 5.10 Å². The minimum atomic E-state index is -0.495. The summed E-state index contributed by atoms with van der Waals surface area (Å²) in [5.74, 6) is 0.0704. The van der Waals surface area contributed by atoms with Crippen molar-refractivity contribution in [1.82, 2.24) is 15.1 Å². The lowest BCUT2D eigenvalue weighted by Gasteiger charge is -2.15. The minimum absolute atomic E-state index is 0.0751. The van der Waals surface area contributed by atoms with Gasteiger partial charge in [0.1, 0.15) is 0 Å². The van der Waals surface area contributed by atoms with E-state index < -0.39 is 6.10 Å². The third kappa shape index (κ3) is 3.57. The maximum atomic E-state index is 11.8. The molecule has 0 aliphatic heterocycles. The van der Waals surface area contributed by atoms with Crippen molar-refractivity contribution in [3.8, 4) is 0 Å². The predicted molar refractivity (Wildman–Crippen MR) is 70.2 cm³/mol. The summed E-state index contributed by atoms with van der Waals surface area (Å²) in [6, 6.07) is 0. The van der Waals surface area contributed by atoms with Crippen molar-refractivity contribution in [3.05, 3.63) is 17.0 Å². The quantitative estimate of drug-likeness (QED) is 0.812. The van der Waals surface area contributed by atoms with Crippen molar-refractivity contribution < 1.29 is 9.90 Å². The number of aliphatic hydroxyl groups excluding tert-OH is 1. The summed E-state index contributed by atoms with van der Waals surface area (Å²) in [6.07, 6.45) is -0.180. The molecule has 1 rings (SSSR count). The first-order valence-electron chi connectivity index (χ1n) is 6.26. The summed E-state index contributed by atoms with van der Waals surface area (Å²) < 4.78 is 1.78. The van der Waals surface area contributed by atoms with E-state index in [9.17, 15) is 9.90 Å². The number of nitrogens with zero attached hydrogens (tertiary/aromatic N) is 2. The molecule has 1 unspecified atom stereocenters. The Labute approximate surface area is 108 Å². The third-order valence-electron chi connectivity index (χ3n) is 3.27. The zero-order valence-corrected chi connectivity index (χ0v) is 11.8. The maximum absolute atomic E-state index is 11.8. The molecule has 0 spiro atoms. The zero-order chi connectivity index (χ0) is 13.9. The van der Waals surface area contributed by atoms with Gasteiger partial charge in [-0.05, 0) is 19.8 Å². The van der Waals surface area contributed by atoms with Gasteiger partial charge >= 0.3 is 0 Å². The number of hydrogen-bond donors (Lipinski definition) is 2. The van der Waals surface area contributed by atoms with E-state index in [0.717, 1.165) is 17.0 Å². The zero-order valence-electron chi connectivity index (χ0n) is 11.8. The second-order valence-electron chi connectivity index (χ2n) is 5.07. The van der Waals surface area contributed by atoms with Gasteiger partial charge in [-0.15, -0.1) is 0 Å². The molecule has 0 fully saturated rings. The molecule has 0 aliphatic rings. The van der Waals surface area contributed by atoms with Gasteiger partial charge in [0.05, 0.1) is 18.2 Å². The molecule has 0 saturated carbocycles. The number of aromatic nitrogens is 2. The molecule has 1 heterocycles. The molecule has 5 nitrogen and oxygen atoms in total. The number of hydrogen-bond acceptors (Lipinski definition) is 3. The van der Waals surface area contributed by atoms with Crippen molar-refractivity contribution in [2.45, 2.75) is 40.2 Å². The molecule has 0 bridgehead atoms. The minimum Gasteiger partial charge on any atom is -0.391 e. The molecule has 0 saturated heterocycles. The average Bonchev–Trinajstić information content (AvgIpc) is 2.52. The topological polar surface area (TPSA) is 67.2 Å². The van der Waals surface area contributed by atoms with E-state index in [4.69, 9.17) is 0 Å². The van der Waals surface area contributed by atoms with Gasteiger partial charge < -0.3 is 10.4 Å². The van der Waals surface area contributed by atoms with Crippen LogP contribution in [0.3, 0.4) is 0 Å². The first kappa shape index (κ1) is 14.7. The van der Waals surface area contributed by atoms with Crippen LogP contribution in [0.2, 0.25) is 0 Å². The molecule has 1 atom stereocenters. The van der Waals surface area contributed by atoms with Crippen LogP contribution >= 0.6 is 0 Å². The lowest BCUT2D eigenvalue weighted by atomic mass is 10.1. The van der Waals surface area contributed by atoms with Crippen LogP contribution in [0.5, 0.6) is 0 Å². The molecular weight excluding hydrogens is 230 g/mol. The Kier molecular flexibility index (Phi) is 4.90. The van der Waals surface area contributed by atoms with Crippen molar-refractivity contribution >= 4 is 5.91 Å². The van der Waals surface area contributed by atoms with Crippen LogP contribution in [0.1, 0.15) is 30.8 Å². The van der Waals surface area contributed by atoms with E-state index >= 15 is 0 Å². The summed E-state index contributed by atoms with van der Waals surface area (Å²) in [6.45, 7) is 8.00. The van der Waals surface area contributed by atoms with E-state index in [0.29, 0.717) is 13.0 Å². The van der Waals surface area contributed by atoms with Crippen LogP contribution in [-0.4, -0.2) is 33.4 Å². The van der Waals surface area contributed by atoms with Gasteiger partial charge in [-0.25, -0.2) is 0 Å². The summed E-state index contributed by atoms with van der Waals surface area (Å²) in [4.78, 5) is 11.8. The highest BCUT2D eigenvalue weighted by Crippen LogP contribution is 2.12. The lowest BCUT2D eigenvalue weighted by molar-refractivity contribution is -0.121. The maximum Gasteiger partial charge on any atom is 0.224 e. The average molecular weight is 253 g/mol. The Bertz CT molecular complexity index is 424. The SMILES string of the molecule is Cc1nn(C)c(C)c1CC(=O)NCC(O)C(C)C. The van der Waals surface area contributed by atoms with Crippen LogP contribution in [0.15, 0.2) is 0 Å². The first-order valence-corrected chi connectivity index (χ1v) is 6.26. The second kappa shape index (κ2) is 6.00. The van der Waals surface area contributed by atoms with Crippen LogP contribution < -0.4 is 5.32 Å². The second-order valence-corrected chi connectivity index (χ2v) is 5.07. The van der Waals surface area contributed by atoms with E-state index in [-0.39, 0.29) is 11.8 Å². The summed E-state index contributed by atoms with van der Waals surface area (Å²) >= 11 is 0.